The fourth-order valence-corrected chi connectivity index (χ4v) is 3.84. The van der Waals surface area contributed by atoms with Gasteiger partial charge in [0.15, 0.2) is 0 Å². The first-order chi connectivity index (χ1) is 12.0. The number of amides is 1. The third kappa shape index (κ3) is 2.72. The van der Waals surface area contributed by atoms with Crippen LogP contribution >= 0.6 is 11.3 Å². The molecule has 0 unspecified atom stereocenters. The van der Waals surface area contributed by atoms with Crippen LogP contribution in [0, 0.1) is 6.92 Å². The van der Waals surface area contributed by atoms with Crippen molar-refractivity contribution in [2.24, 2.45) is 7.05 Å². The van der Waals surface area contributed by atoms with Gasteiger partial charge in [0, 0.05) is 12.7 Å². The molecule has 0 saturated carbocycles. The van der Waals surface area contributed by atoms with Crippen molar-refractivity contribution in [3.63, 3.8) is 0 Å². The van der Waals surface area contributed by atoms with E-state index in [1.807, 2.05) is 49.4 Å². The molecule has 0 aliphatic rings. The average molecular weight is 352 g/mol. The fraction of sp³-hybridized carbons (Fsp3) is 0.167. The Morgan fingerprint density at radius 2 is 1.96 bits per heavy atom. The Kier molecular flexibility index (Phi) is 3.65. The van der Waals surface area contributed by atoms with Gasteiger partial charge in [-0.05, 0) is 37.3 Å². The lowest BCUT2D eigenvalue weighted by atomic mass is 10.3. The van der Waals surface area contributed by atoms with E-state index in [0.29, 0.717) is 5.69 Å². The molecule has 4 rings (SSSR count). The lowest BCUT2D eigenvalue weighted by Crippen LogP contribution is -2.28. The summed E-state index contributed by atoms with van der Waals surface area (Å²) >= 11 is 1.58. The molecule has 25 heavy (non-hydrogen) atoms. The summed E-state index contributed by atoms with van der Waals surface area (Å²) in [5.74, 6) is -0.237. The van der Waals surface area contributed by atoms with Crippen LogP contribution < -0.4 is 11.0 Å². The second-order valence-corrected chi connectivity index (χ2v) is 7.11. The molecule has 2 aromatic heterocycles. The van der Waals surface area contributed by atoms with Crippen molar-refractivity contribution in [3.05, 3.63) is 58.0 Å². The van der Waals surface area contributed by atoms with Gasteiger partial charge < -0.3 is 5.32 Å². The number of rotatable bonds is 3. The summed E-state index contributed by atoms with van der Waals surface area (Å²) in [6.07, 6.45) is 0. The highest BCUT2D eigenvalue weighted by Gasteiger charge is 2.13. The summed E-state index contributed by atoms with van der Waals surface area (Å²) < 4.78 is 4.06. The van der Waals surface area contributed by atoms with Gasteiger partial charge in [0.05, 0.1) is 26.3 Å². The Hall–Kier alpha value is -2.93. The molecular weight excluding hydrogens is 336 g/mol. The Morgan fingerprint density at radius 3 is 2.76 bits per heavy atom. The van der Waals surface area contributed by atoms with Crippen molar-refractivity contribution in [1.29, 1.82) is 0 Å². The van der Waals surface area contributed by atoms with E-state index in [4.69, 9.17) is 0 Å². The second-order valence-electron chi connectivity index (χ2n) is 5.88. The second kappa shape index (κ2) is 5.86. The maximum atomic E-state index is 12.4. The lowest BCUT2D eigenvalue weighted by Gasteiger charge is -2.06. The third-order valence-corrected chi connectivity index (χ3v) is 5.07. The van der Waals surface area contributed by atoms with Crippen LogP contribution in [0.15, 0.2) is 47.3 Å². The number of carbonyl (C=O) groups excluding carboxylic acids is 1. The molecule has 0 spiro atoms. The largest absolute Gasteiger partial charge is 0.329 e. The number of thiazole rings is 1. The normalized spacial score (nSPS) is 11.3. The zero-order valence-electron chi connectivity index (χ0n) is 13.8. The van der Waals surface area contributed by atoms with E-state index in [1.54, 1.807) is 23.0 Å². The number of para-hydroxylation sites is 2. The number of aryl methyl sites for hydroxylation is 2. The van der Waals surface area contributed by atoms with Gasteiger partial charge in [-0.1, -0.05) is 12.1 Å². The number of nitrogens with one attached hydrogen (secondary N) is 1. The SMILES string of the molecule is Cc1nc2ccc(NC(=O)Cn3c(=O)n(C)c4ccccc43)cc2s1. The Morgan fingerprint density at radius 1 is 1.20 bits per heavy atom. The molecule has 2 heterocycles. The van der Waals surface area contributed by atoms with Gasteiger partial charge in [-0.25, -0.2) is 9.78 Å². The summed E-state index contributed by atoms with van der Waals surface area (Å²) in [4.78, 5) is 29.2. The van der Waals surface area contributed by atoms with Crippen LogP contribution in [0.3, 0.4) is 0 Å². The van der Waals surface area contributed by atoms with Crippen LogP contribution in [0.5, 0.6) is 0 Å². The van der Waals surface area contributed by atoms with Crippen LogP contribution in [0.2, 0.25) is 0 Å². The average Bonchev–Trinajstić information content (AvgIpc) is 3.07. The lowest BCUT2D eigenvalue weighted by molar-refractivity contribution is -0.116. The summed E-state index contributed by atoms with van der Waals surface area (Å²) in [5, 5.41) is 3.85. The van der Waals surface area contributed by atoms with Crippen molar-refractivity contribution in [3.8, 4) is 0 Å². The zero-order valence-corrected chi connectivity index (χ0v) is 14.6. The van der Waals surface area contributed by atoms with Gasteiger partial charge in [0.25, 0.3) is 0 Å². The van der Waals surface area contributed by atoms with E-state index in [0.717, 1.165) is 26.3 Å². The summed E-state index contributed by atoms with van der Waals surface area (Å²) in [5.41, 5.74) is 2.98. The first-order valence-corrected chi connectivity index (χ1v) is 8.66. The summed E-state index contributed by atoms with van der Waals surface area (Å²) in [7, 11) is 1.71. The highest BCUT2D eigenvalue weighted by molar-refractivity contribution is 7.18. The van der Waals surface area contributed by atoms with Gasteiger partial charge in [0.1, 0.15) is 6.54 Å². The van der Waals surface area contributed by atoms with Crippen LogP contribution in [0.4, 0.5) is 5.69 Å². The Bertz CT molecular complexity index is 1170. The van der Waals surface area contributed by atoms with Crippen LogP contribution in [0.1, 0.15) is 5.01 Å². The molecule has 0 aliphatic heterocycles. The highest BCUT2D eigenvalue weighted by atomic mass is 32.1. The number of hydrogen-bond donors (Lipinski definition) is 1. The molecule has 0 radical (unpaired) electrons. The number of fused-ring (bicyclic) bond motifs is 2. The molecule has 0 saturated heterocycles. The number of anilines is 1. The van der Waals surface area contributed by atoms with Crippen LogP contribution in [0.25, 0.3) is 21.3 Å². The number of carbonyl (C=O) groups is 1. The van der Waals surface area contributed by atoms with Gasteiger partial charge in [-0.3, -0.25) is 13.9 Å². The van der Waals surface area contributed by atoms with E-state index in [2.05, 4.69) is 10.3 Å². The van der Waals surface area contributed by atoms with Gasteiger partial charge in [-0.2, -0.15) is 0 Å². The molecule has 126 valence electrons. The Labute approximate surface area is 147 Å². The van der Waals surface area contributed by atoms with Crippen molar-refractivity contribution in [2.75, 3.05) is 5.32 Å². The predicted octanol–water partition coefficient (Wildman–Crippen LogP) is 2.90. The first kappa shape index (κ1) is 15.6. The molecule has 0 fully saturated rings. The topological polar surface area (TPSA) is 68.9 Å². The van der Waals surface area contributed by atoms with Crippen molar-refractivity contribution in [1.82, 2.24) is 14.1 Å². The minimum atomic E-state index is -0.237. The van der Waals surface area contributed by atoms with Crippen molar-refractivity contribution < 1.29 is 4.79 Å². The number of benzene rings is 2. The number of imidazole rings is 1. The monoisotopic (exact) mass is 352 g/mol. The number of hydrogen-bond acceptors (Lipinski definition) is 4. The van der Waals surface area contributed by atoms with Gasteiger partial charge >= 0.3 is 5.69 Å². The van der Waals surface area contributed by atoms with Crippen molar-refractivity contribution >= 4 is 44.2 Å². The molecule has 0 aliphatic carbocycles. The van der Waals surface area contributed by atoms with E-state index < -0.39 is 0 Å². The fourth-order valence-electron chi connectivity index (χ4n) is 2.98. The van der Waals surface area contributed by atoms with E-state index in [1.165, 1.54) is 4.57 Å². The molecule has 0 atom stereocenters. The smallest absolute Gasteiger partial charge is 0.324 e. The minimum Gasteiger partial charge on any atom is -0.324 e. The first-order valence-electron chi connectivity index (χ1n) is 7.84. The molecule has 1 N–H and O–H groups in total. The van der Waals surface area contributed by atoms with E-state index in [-0.39, 0.29) is 18.1 Å². The summed E-state index contributed by atoms with van der Waals surface area (Å²) in [6.45, 7) is 1.93. The number of nitrogens with zero attached hydrogens (tertiary/aromatic N) is 3. The Balaban J connectivity index is 1.61. The maximum absolute atomic E-state index is 12.4. The zero-order chi connectivity index (χ0) is 17.6. The molecule has 7 heteroatoms. The van der Waals surface area contributed by atoms with Gasteiger partial charge in [0.2, 0.25) is 5.91 Å². The van der Waals surface area contributed by atoms with Crippen LogP contribution in [-0.2, 0) is 18.4 Å². The van der Waals surface area contributed by atoms with E-state index >= 15 is 0 Å². The van der Waals surface area contributed by atoms with E-state index in [9.17, 15) is 9.59 Å². The third-order valence-electron chi connectivity index (χ3n) is 4.13. The van der Waals surface area contributed by atoms with Gasteiger partial charge in [-0.15, -0.1) is 11.3 Å². The maximum Gasteiger partial charge on any atom is 0.329 e. The molecule has 4 aromatic rings. The molecule has 1 amide bonds. The molecule has 2 aromatic carbocycles. The minimum absolute atomic E-state index is 0.0278. The molecular formula is C18H16N4O2S. The van der Waals surface area contributed by atoms with Crippen molar-refractivity contribution in [2.45, 2.75) is 13.5 Å². The predicted molar refractivity (Wildman–Crippen MR) is 100 cm³/mol. The molecule has 6 nitrogen and oxygen atoms in total. The quantitative estimate of drug-likeness (QED) is 0.616. The number of aromatic nitrogens is 3. The highest BCUT2D eigenvalue weighted by Crippen LogP contribution is 2.24. The van der Waals surface area contributed by atoms with Crippen LogP contribution in [-0.4, -0.2) is 20.0 Å². The molecule has 0 bridgehead atoms. The summed E-state index contributed by atoms with van der Waals surface area (Å²) in [6, 6.07) is 13.1. The standard InChI is InChI=1S/C18H16N4O2S/c1-11-19-13-8-7-12(9-16(13)25-11)20-17(23)10-22-15-6-4-3-5-14(15)21(2)18(22)24/h3-9H,10H2,1-2H3,(H,20,23).